The van der Waals surface area contributed by atoms with Gasteiger partial charge in [-0.3, -0.25) is 0 Å². The van der Waals surface area contributed by atoms with Crippen molar-refractivity contribution in [1.82, 2.24) is 3.05 Å². The van der Waals surface area contributed by atoms with Crippen LogP contribution < -0.4 is 0 Å². The number of alkyl halides is 2. The Bertz CT molecular complexity index is 690. The van der Waals surface area contributed by atoms with E-state index in [0.717, 1.165) is 5.57 Å². The van der Waals surface area contributed by atoms with E-state index in [-0.39, 0.29) is 11.8 Å². The summed E-state index contributed by atoms with van der Waals surface area (Å²) in [5.74, 6) is 0.128. The van der Waals surface area contributed by atoms with Crippen molar-refractivity contribution in [1.29, 1.82) is 0 Å². The van der Waals surface area contributed by atoms with Gasteiger partial charge in [0.2, 0.25) is 0 Å². The van der Waals surface area contributed by atoms with Crippen molar-refractivity contribution in [3.8, 4) is 0 Å². The van der Waals surface area contributed by atoms with Crippen LogP contribution in [0.4, 0.5) is 0 Å². The first-order valence-electron chi connectivity index (χ1n) is 8.07. The molecule has 1 aliphatic carbocycles. The van der Waals surface area contributed by atoms with E-state index >= 15 is 0 Å². The Hall–Kier alpha value is -0.0588. The third-order valence-electron chi connectivity index (χ3n) is 5.90. The number of hydrogen-bond donors (Lipinski definition) is 0. The molecule has 1 aromatic rings. The van der Waals surface area contributed by atoms with E-state index in [4.69, 9.17) is 23.2 Å². The minimum absolute atomic E-state index is 0.00849. The third-order valence-corrected chi connectivity index (χ3v) is 15.8. The second-order valence-electron chi connectivity index (χ2n) is 7.31. The molecule has 0 N–H and O–H groups in total. The zero-order chi connectivity index (χ0) is 18.5. The van der Waals surface area contributed by atoms with Gasteiger partial charge >= 0.3 is 169 Å². The molecule has 1 amide bonds. The molecule has 3 unspecified atom stereocenters. The number of halogens is 2. The van der Waals surface area contributed by atoms with Gasteiger partial charge in [-0.2, -0.15) is 0 Å². The summed E-state index contributed by atoms with van der Waals surface area (Å²) in [6, 6.07) is 9.36. The molecule has 2 nitrogen and oxygen atoms in total. The molecule has 0 heterocycles. The van der Waals surface area contributed by atoms with Crippen molar-refractivity contribution >= 4 is 37.3 Å². The molecule has 129 valence electrons. The number of benzene rings is 1. The summed E-state index contributed by atoms with van der Waals surface area (Å²) in [5.41, 5.74) is 3.06. The van der Waals surface area contributed by atoms with E-state index in [9.17, 15) is 4.79 Å². The molecule has 6 heteroatoms. The molecule has 0 aromatic heterocycles. The number of rotatable bonds is 3. The number of hydrogen-bond acceptors (Lipinski definition) is 1. The van der Waals surface area contributed by atoms with Crippen molar-refractivity contribution in [3.63, 3.8) is 0 Å². The van der Waals surface area contributed by atoms with E-state index < -0.39 is 17.6 Å². The molecule has 0 saturated carbocycles. The Morgan fingerprint density at radius 2 is 1.71 bits per heavy atom. The molecule has 0 radical (unpaired) electrons. The number of allylic oxidation sites excluding steroid dienone is 2. The quantitative estimate of drug-likeness (QED) is 0.372. The fourth-order valence-electron chi connectivity index (χ4n) is 3.90. The molecule has 0 saturated heterocycles. The van der Waals surface area contributed by atoms with Gasteiger partial charge in [0, 0.05) is 0 Å². The maximum atomic E-state index is 13.0. The summed E-state index contributed by atoms with van der Waals surface area (Å²) in [5, 5.41) is 0. The Balaban J connectivity index is 2.48. The summed E-state index contributed by atoms with van der Waals surface area (Å²) in [6.07, 6.45) is 0. The second kappa shape index (κ2) is 6.59. The van der Waals surface area contributed by atoms with Crippen LogP contribution in [0.1, 0.15) is 38.1 Å². The SMILES string of the molecule is CC1=C(C)C(C)(Cl)C(Cl)([Si](C)(C)[N]([Ti])C(=O)c2ccccc2)C1C. The first-order chi connectivity index (χ1) is 10.9. The van der Waals surface area contributed by atoms with E-state index in [0.29, 0.717) is 5.56 Å². The molecule has 24 heavy (non-hydrogen) atoms. The predicted molar refractivity (Wildman–Crippen MR) is 100 cm³/mol. The molecule has 1 aromatic carbocycles. The summed E-state index contributed by atoms with van der Waals surface area (Å²) < 4.78 is 1.20. The molecular weight excluding hydrogens is 393 g/mol. The predicted octanol–water partition coefficient (Wildman–Crippen LogP) is 5.30. The molecule has 0 aliphatic heterocycles. The number of amides is 1. The van der Waals surface area contributed by atoms with Gasteiger partial charge in [-0.05, 0) is 0 Å². The number of carbonyl (C=O) groups is 1. The first-order valence-corrected chi connectivity index (χ1v) is 12.5. The topological polar surface area (TPSA) is 20.3 Å². The Morgan fingerprint density at radius 3 is 2.12 bits per heavy atom. The van der Waals surface area contributed by atoms with Gasteiger partial charge in [-0.1, -0.05) is 0 Å². The molecule has 3 atom stereocenters. The monoisotopic (exact) mass is 416 g/mol. The van der Waals surface area contributed by atoms with Crippen molar-refractivity contribution in [2.24, 2.45) is 5.92 Å². The number of nitrogens with zero attached hydrogens (tertiary/aromatic N) is 1. The van der Waals surface area contributed by atoms with Gasteiger partial charge in [0.1, 0.15) is 0 Å². The third kappa shape index (κ3) is 2.68. The Morgan fingerprint density at radius 1 is 1.21 bits per heavy atom. The van der Waals surface area contributed by atoms with Gasteiger partial charge in [-0.15, -0.1) is 0 Å². The van der Waals surface area contributed by atoms with E-state index in [2.05, 4.69) is 33.9 Å². The van der Waals surface area contributed by atoms with Crippen molar-refractivity contribution < 1.29 is 25.5 Å². The summed E-state index contributed by atoms with van der Waals surface area (Å²) >= 11 is 16.2. The summed E-state index contributed by atoms with van der Waals surface area (Å²) in [7, 11) is -2.45. The number of carbonyl (C=O) groups excluding carboxylic acids is 1. The molecule has 0 fully saturated rings. The summed E-state index contributed by atoms with van der Waals surface area (Å²) in [6.45, 7) is 12.6. The van der Waals surface area contributed by atoms with Crippen LogP contribution in [0.15, 0.2) is 41.5 Å². The molecule has 1 aliphatic rings. The van der Waals surface area contributed by atoms with Crippen LogP contribution in [-0.4, -0.2) is 26.6 Å². The Kier molecular flexibility index (Phi) is 5.56. The van der Waals surface area contributed by atoms with Gasteiger partial charge in [0.25, 0.3) is 0 Å². The first kappa shape index (κ1) is 20.3. The standard InChI is InChI=1S/C18H25Cl2NOSi.Ti/c1-12-13(2)17(4,19)18(20,14(12)3)23(5,6)21-16(22)15-10-8-7-9-11-15;/h7-11,14H,1-6H3,(H,21,22);/q;+1/p-1. The van der Waals surface area contributed by atoms with E-state index in [1.54, 1.807) is 0 Å². The fourth-order valence-corrected chi connectivity index (χ4v) is 10.4. The van der Waals surface area contributed by atoms with Crippen LogP contribution in [0, 0.1) is 5.92 Å². The summed E-state index contributed by atoms with van der Waals surface area (Å²) in [4.78, 5) is 12.3. The molecule has 0 bridgehead atoms. The average Bonchev–Trinajstić information content (AvgIpc) is 2.68. The molecule has 0 spiro atoms. The van der Waals surface area contributed by atoms with Crippen molar-refractivity contribution in [3.05, 3.63) is 47.0 Å². The van der Waals surface area contributed by atoms with Crippen LogP contribution in [-0.2, 0) is 20.7 Å². The fraction of sp³-hybridized carbons (Fsp3) is 0.500. The minimum atomic E-state index is -2.45. The molecular formula is C18H24Cl2NOSiTi. The van der Waals surface area contributed by atoms with Crippen LogP contribution in [0.25, 0.3) is 0 Å². The van der Waals surface area contributed by atoms with Crippen LogP contribution in [0.2, 0.25) is 13.1 Å². The van der Waals surface area contributed by atoms with Crippen LogP contribution in [0.5, 0.6) is 0 Å². The van der Waals surface area contributed by atoms with E-state index in [1.807, 2.05) is 61.0 Å². The second-order valence-corrected chi connectivity index (χ2v) is 14.7. The average molecular weight is 417 g/mol. The van der Waals surface area contributed by atoms with Crippen molar-refractivity contribution in [2.75, 3.05) is 0 Å². The van der Waals surface area contributed by atoms with Gasteiger partial charge in [0.05, 0.1) is 0 Å². The van der Waals surface area contributed by atoms with Gasteiger partial charge in [0.15, 0.2) is 0 Å². The maximum absolute atomic E-state index is 13.0. The zero-order valence-electron chi connectivity index (χ0n) is 15.1. The normalized spacial score (nSPS) is 30.5. The molecule has 2 rings (SSSR count). The van der Waals surface area contributed by atoms with Gasteiger partial charge in [-0.25, -0.2) is 0 Å². The van der Waals surface area contributed by atoms with Crippen molar-refractivity contribution in [2.45, 2.75) is 50.2 Å². The van der Waals surface area contributed by atoms with Crippen LogP contribution in [0.3, 0.4) is 0 Å². The van der Waals surface area contributed by atoms with Crippen LogP contribution >= 0.6 is 23.2 Å². The van der Waals surface area contributed by atoms with E-state index in [1.165, 1.54) is 5.57 Å². The Labute approximate surface area is 168 Å². The zero-order valence-corrected chi connectivity index (χ0v) is 19.1. The van der Waals surface area contributed by atoms with Gasteiger partial charge < -0.3 is 0 Å².